The second-order valence-corrected chi connectivity index (χ2v) is 5.32. The van der Waals surface area contributed by atoms with E-state index in [-0.39, 0.29) is 23.8 Å². The molecule has 2 fully saturated rings. The molecule has 0 spiro atoms. The molecule has 2 saturated heterocycles. The number of cyclic esters (lactones) is 1. The monoisotopic (exact) mass is 267 g/mol. The van der Waals surface area contributed by atoms with Gasteiger partial charge in [-0.2, -0.15) is 0 Å². The van der Waals surface area contributed by atoms with E-state index in [4.69, 9.17) is 16.3 Å². The fraction of sp³-hybridized carbons (Fsp3) is 0.462. The van der Waals surface area contributed by atoms with Crippen molar-refractivity contribution in [2.75, 3.05) is 13.2 Å². The summed E-state index contributed by atoms with van der Waals surface area (Å²) in [5.74, 6) is 0.306. The molecule has 0 aliphatic carbocycles. The van der Waals surface area contributed by atoms with Crippen LogP contribution in [0.15, 0.2) is 12.1 Å². The van der Waals surface area contributed by atoms with E-state index in [1.54, 1.807) is 17.0 Å². The minimum Gasteiger partial charge on any atom is -0.508 e. The van der Waals surface area contributed by atoms with E-state index in [0.717, 1.165) is 17.5 Å². The molecule has 1 aromatic rings. The zero-order chi connectivity index (χ0) is 12.9. The van der Waals surface area contributed by atoms with Crippen LogP contribution in [0.5, 0.6) is 5.75 Å². The van der Waals surface area contributed by atoms with Gasteiger partial charge in [0.1, 0.15) is 12.4 Å². The molecule has 1 aromatic carbocycles. The Morgan fingerprint density at radius 1 is 1.50 bits per heavy atom. The van der Waals surface area contributed by atoms with Crippen LogP contribution in [-0.4, -0.2) is 35.3 Å². The largest absolute Gasteiger partial charge is 0.508 e. The van der Waals surface area contributed by atoms with Gasteiger partial charge in [0.15, 0.2) is 0 Å². The molecular formula is C13H14ClNO3. The van der Waals surface area contributed by atoms with Crippen molar-refractivity contribution in [1.29, 1.82) is 0 Å². The lowest BCUT2D eigenvalue weighted by Crippen LogP contribution is -2.27. The summed E-state index contributed by atoms with van der Waals surface area (Å²) in [6.07, 6.45) is 0.536. The Hall–Kier alpha value is -1.42. The first-order valence-corrected chi connectivity index (χ1v) is 6.37. The maximum Gasteiger partial charge on any atom is 0.410 e. The normalized spacial score (nSPS) is 26.3. The lowest BCUT2D eigenvalue weighted by atomic mass is 9.94. The molecule has 1 N–H and O–H groups in total. The highest BCUT2D eigenvalue weighted by atomic mass is 35.5. The summed E-state index contributed by atoms with van der Waals surface area (Å²) in [5, 5.41) is 10.6. The number of halogens is 1. The Labute approximate surface area is 110 Å². The fourth-order valence-electron chi connectivity index (χ4n) is 2.84. The predicted molar refractivity (Wildman–Crippen MR) is 67.1 cm³/mol. The summed E-state index contributed by atoms with van der Waals surface area (Å²) in [4.78, 5) is 13.2. The second-order valence-electron chi connectivity index (χ2n) is 4.94. The Bertz CT molecular complexity index is 517. The highest BCUT2D eigenvalue weighted by Crippen LogP contribution is 2.42. The van der Waals surface area contributed by atoms with Gasteiger partial charge in [-0.3, -0.25) is 0 Å². The molecule has 0 bridgehead atoms. The fourth-order valence-corrected chi connectivity index (χ4v) is 3.15. The van der Waals surface area contributed by atoms with E-state index in [2.05, 4.69) is 0 Å². The van der Waals surface area contributed by atoms with Crippen LogP contribution in [0.2, 0.25) is 5.02 Å². The third kappa shape index (κ3) is 1.63. The molecule has 0 radical (unpaired) electrons. The van der Waals surface area contributed by atoms with Gasteiger partial charge in [-0.25, -0.2) is 4.79 Å². The molecule has 5 heteroatoms. The zero-order valence-corrected chi connectivity index (χ0v) is 10.8. The summed E-state index contributed by atoms with van der Waals surface area (Å²) < 4.78 is 4.98. The molecule has 96 valence electrons. The first-order chi connectivity index (χ1) is 8.58. The number of rotatable bonds is 1. The molecule has 3 rings (SSSR count). The quantitative estimate of drug-likeness (QED) is 0.851. The number of phenols is 1. The molecule has 18 heavy (non-hydrogen) atoms. The van der Waals surface area contributed by atoms with Crippen LogP contribution in [0.3, 0.4) is 0 Å². The van der Waals surface area contributed by atoms with Crippen molar-refractivity contribution >= 4 is 17.7 Å². The van der Waals surface area contributed by atoms with Crippen LogP contribution in [0.4, 0.5) is 4.79 Å². The van der Waals surface area contributed by atoms with Crippen molar-refractivity contribution in [2.24, 2.45) is 0 Å². The van der Waals surface area contributed by atoms with E-state index in [0.29, 0.717) is 18.2 Å². The topological polar surface area (TPSA) is 49.8 Å². The predicted octanol–water partition coefficient (Wildman–Crippen LogP) is 2.66. The first kappa shape index (κ1) is 11.7. The average molecular weight is 268 g/mol. The number of benzene rings is 1. The summed E-state index contributed by atoms with van der Waals surface area (Å²) in [6, 6.07) is 3.59. The number of amides is 1. The molecule has 1 amide bonds. The van der Waals surface area contributed by atoms with Gasteiger partial charge in [-0.15, -0.1) is 0 Å². The number of hydrogen-bond acceptors (Lipinski definition) is 3. The Balaban J connectivity index is 1.94. The SMILES string of the molecule is Cc1ccc(O)c([C@H]2C[C@H]3COC(=O)N3C2)c1Cl. The molecule has 2 aliphatic rings. The van der Waals surface area contributed by atoms with Gasteiger partial charge in [0.25, 0.3) is 0 Å². The van der Waals surface area contributed by atoms with Gasteiger partial charge >= 0.3 is 6.09 Å². The number of aromatic hydroxyl groups is 1. The Morgan fingerprint density at radius 3 is 3.00 bits per heavy atom. The number of phenolic OH excluding ortho intramolecular Hbond substituents is 1. The van der Waals surface area contributed by atoms with Crippen molar-refractivity contribution in [3.63, 3.8) is 0 Å². The van der Waals surface area contributed by atoms with Gasteiger partial charge in [-0.1, -0.05) is 17.7 Å². The van der Waals surface area contributed by atoms with Crippen molar-refractivity contribution in [3.05, 3.63) is 28.3 Å². The molecule has 0 unspecified atom stereocenters. The van der Waals surface area contributed by atoms with Gasteiger partial charge in [0, 0.05) is 18.0 Å². The van der Waals surface area contributed by atoms with E-state index in [1.807, 2.05) is 6.92 Å². The number of nitrogens with zero attached hydrogens (tertiary/aromatic N) is 1. The van der Waals surface area contributed by atoms with E-state index >= 15 is 0 Å². The van der Waals surface area contributed by atoms with Crippen LogP contribution < -0.4 is 0 Å². The van der Waals surface area contributed by atoms with Crippen molar-refractivity contribution in [1.82, 2.24) is 4.90 Å². The van der Waals surface area contributed by atoms with Gasteiger partial charge < -0.3 is 14.7 Å². The van der Waals surface area contributed by atoms with Crippen LogP contribution in [0.25, 0.3) is 0 Å². The van der Waals surface area contributed by atoms with Gasteiger partial charge in [0.2, 0.25) is 0 Å². The number of ether oxygens (including phenoxy) is 1. The molecule has 2 atom stereocenters. The maximum atomic E-state index is 11.5. The van der Waals surface area contributed by atoms with Crippen molar-refractivity contribution < 1.29 is 14.6 Å². The molecule has 0 aromatic heterocycles. The standard InChI is InChI=1S/C13H14ClNO3/c1-7-2-3-10(16)11(12(7)14)8-4-9-6-18-13(17)15(9)5-8/h2-3,8-9,16H,4-6H2,1H3/t8-,9-/m0/s1. The lowest BCUT2D eigenvalue weighted by molar-refractivity contribution is 0.158. The molecular weight excluding hydrogens is 254 g/mol. The Kier molecular flexibility index (Phi) is 2.63. The molecule has 4 nitrogen and oxygen atoms in total. The lowest BCUT2D eigenvalue weighted by Gasteiger charge is -2.16. The van der Waals surface area contributed by atoms with Crippen LogP contribution in [0, 0.1) is 6.92 Å². The summed E-state index contributed by atoms with van der Waals surface area (Å²) in [7, 11) is 0. The van der Waals surface area contributed by atoms with Crippen molar-refractivity contribution in [2.45, 2.75) is 25.3 Å². The number of carbonyl (C=O) groups excluding carboxylic acids is 1. The van der Waals surface area contributed by atoms with E-state index in [9.17, 15) is 9.90 Å². The van der Waals surface area contributed by atoms with Crippen LogP contribution >= 0.6 is 11.6 Å². The number of fused-ring (bicyclic) bond motifs is 1. The zero-order valence-electron chi connectivity index (χ0n) is 10.0. The third-order valence-corrected chi connectivity index (χ3v) is 4.31. The molecule has 2 aliphatic heterocycles. The van der Waals surface area contributed by atoms with E-state index < -0.39 is 0 Å². The highest BCUT2D eigenvalue weighted by molar-refractivity contribution is 6.32. The van der Waals surface area contributed by atoms with Gasteiger partial charge in [0.05, 0.1) is 11.1 Å². The first-order valence-electron chi connectivity index (χ1n) is 5.99. The van der Waals surface area contributed by atoms with Crippen LogP contribution in [0.1, 0.15) is 23.5 Å². The third-order valence-electron chi connectivity index (χ3n) is 3.81. The maximum absolute atomic E-state index is 11.5. The van der Waals surface area contributed by atoms with Crippen LogP contribution in [-0.2, 0) is 4.74 Å². The van der Waals surface area contributed by atoms with Crippen molar-refractivity contribution in [3.8, 4) is 5.75 Å². The molecule has 0 saturated carbocycles. The number of carbonyl (C=O) groups is 1. The molecule has 2 heterocycles. The minimum atomic E-state index is -0.259. The van der Waals surface area contributed by atoms with Gasteiger partial charge in [-0.05, 0) is 25.0 Å². The van der Waals surface area contributed by atoms with E-state index in [1.165, 1.54) is 0 Å². The summed E-state index contributed by atoms with van der Waals surface area (Å²) in [6.45, 7) is 2.93. The number of aryl methyl sites for hydroxylation is 1. The second kappa shape index (κ2) is 4.05. The summed E-state index contributed by atoms with van der Waals surface area (Å²) in [5.41, 5.74) is 1.71. The number of hydrogen-bond donors (Lipinski definition) is 1. The highest BCUT2D eigenvalue weighted by Gasteiger charge is 2.43. The summed E-state index contributed by atoms with van der Waals surface area (Å²) >= 11 is 6.28. The smallest absolute Gasteiger partial charge is 0.410 e. The average Bonchev–Trinajstić information content (AvgIpc) is 2.88. The Morgan fingerprint density at radius 2 is 2.28 bits per heavy atom. The minimum absolute atomic E-state index is 0.0928.